The second kappa shape index (κ2) is 15.8. The van der Waals surface area contributed by atoms with Gasteiger partial charge < -0.3 is 58.0 Å². The molecule has 0 saturated heterocycles. The number of benzene rings is 1. The van der Waals surface area contributed by atoms with Gasteiger partial charge in [-0.15, -0.1) is 0 Å². The van der Waals surface area contributed by atoms with E-state index in [2.05, 4.69) is 0 Å². The molecule has 0 unspecified atom stereocenters. The van der Waals surface area contributed by atoms with Gasteiger partial charge in [0.05, 0.1) is 6.61 Å². The normalized spacial score (nSPS) is 10.7. The maximum Gasteiger partial charge on any atom is 1.00 e. The summed E-state index contributed by atoms with van der Waals surface area (Å²) < 4.78 is 122. The molecule has 0 aliphatic carbocycles. The van der Waals surface area contributed by atoms with Gasteiger partial charge in [0.25, 0.3) is 0 Å². The van der Waals surface area contributed by atoms with E-state index in [4.69, 9.17) is 16.3 Å². The molecule has 0 saturated carbocycles. The largest absolute Gasteiger partial charge is 1.00 e. The van der Waals surface area contributed by atoms with Gasteiger partial charge in [-0.3, -0.25) is 0 Å². The summed E-state index contributed by atoms with van der Waals surface area (Å²) in [5, 5.41) is 0.768. The molecule has 0 fully saturated rings. The van der Waals surface area contributed by atoms with Crippen LogP contribution in [0.3, 0.4) is 0 Å². The summed E-state index contributed by atoms with van der Waals surface area (Å²) >= 11 is 5.82. The Labute approximate surface area is 169 Å². The van der Waals surface area contributed by atoms with Crippen LogP contribution in [0.4, 0.5) is 51.8 Å². The molecule has 0 aliphatic heterocycles. The summed E-state index contributed by atoms with van der Waals surface area (Å²) in [4.78, 5) is 0. The molecule has 26 heavy (non-hydrogen) atoms. The minimum absolute atomic E-state index is 0. The molecule has 0 bridgehead atoms. The fourth-order valence-corrected chi connectivity index (χ4v) is 0.961. The van der Waals surface area contributed by atoms with Crippen LogP contribution in [0.5, 0.6) is 0 Å². The SMILES string of the molecule is COCc1ccccc1Cl.F[B-](F)(F)F.F[B-](F)(F)F.F[B-](F)(F)F.[H-].[Na+]. The molecule has 0 aliphatic rings. The fraction of sp³-hybridized carbons (Fsp3) is 0.250. The zero-order chi connectivity index (χ0) is 20.9. The van der Waals surface area contributed by atoms with Crippen molar-refractivity contribution >= 4 is 33.4 Å². The van der Waals surface area contributed by atoms with Crippen molar-refractivity contribution in [1.29, 1.82) is 0 Å². The Kier molecular flexibility index (Phi) is 20.4. The maximum atomic E-state index is 9.75. The quantitative estimate of drug-likeness (QED) is 0.505. The van der Waals surface area contributed by atoms with E-state index in [0.717, 1.165) is 10.6 Å². The van der Waals surface area contributed by atoms with E-state index < -0.39 is 21.8 Å². The van der Waals surface area contributed by atoms with E-state index in [1.54, 1.807) is 7.11 Å². The van der Waals surface area contributed by atoms with Crippen LogP contribution in [0.25, 0.3) is 0 Å². The molecule has 1 rings (SSSR count). The predicted octanol–water partition coefficient (Wildman–Crippen LogP) is 3.50. The molecule has 1 nitrogen and oxygen atoms in total. The molecule has 0 N–H and O–H groups in total. The number of halogens is 13. The topological polar surface area (TPSA) is 9.23 Å². The first-order chi connectivity index (χ1) is 10.8. The van der Waals surface area contributed by atoms with Gasteiger partial charge in [-0.05, 0) is 11.6 Å². The Balaban J connectivity index is -0.0000000831. The van der Waals surface area contributed by atoms with Crippen molar-refractivity contribution in [2.24, 2.45) is 0 Å². The monoisotopic (exact) mass is 441 g/mol. The van der Waals surface area contributed by atoms with Gasteiger partial charge in [0.15, 0.2) is 0 Å². The van der Waals surface area contributed by atoms with E-state index in [1.807, 2.05) is 24.3 Å². The molecule has 0 aromatic heterocycles. The van der Waals surface area contributed by atoms with Gasteiger partial charge in [0.1, 0.15) is 0 Å². The van der Waals surface area contributed by atoms with Crippen molar-refractivity contribution in [3.05, 3.63) is 34.9 Å². The van der Waals surface area contributed by atoms with Crippen LogP contribution >= 0.6 is 11.6 Å². The zero-order valence-electron chi connectivity index (χ0n) is 14.1. The number of ether oxygens (including phenoxy) is 1. The average Bonchev–Trinajstić information content (AvgIpc) is 2.25. The van der Waals surface area contributed by atoms with Gasteiger partial charge in [-0.25, -0.2) is 0 Å². The molecule has 0 heterocycles. The molecule has 0 radical (unpaired) electrons. The third kappa shape index (κ3) is 64.9. The second-order valence-electron chi connectivity index (χ2n) is 3.51. The maximum absolute atomic E-state index is 9.75. The van der Waals surface area contributed by atoms with E-state index in [1.165, 1.54) is 0 Å². The third-order valence-electron chi connectivity index (χ3n) is 1.26. The zero-order valence-corrected chi connectivity index (χ0v) is 15.8. The smallest absolute Gasteiger partial charge is 1.00 e. The number of rotatable bonds is 2. The van der Waals surface area contributed by atoms with Crippen LogP contribution < -0.4 is 29.6 Å². The Bertz CT molecular complexity index is 415. The van der Waals surface area contributed by atoms with Gasteiger partial charge >= 0.3 is 51.3 Å². The van der Waals surface area contributed by atoms with E-state index in [9.17, 15) is 51.8 Å². The van der Waals surface area contributed by atoms with Crippen molar-refractivity contribution < 1.29 is 87.5 Å². The average molecular weight is 441 g/mol. The minimum Gasteiger partial charge on any atom is -1.00 e. The van der Waals surface area contributed by atoms with E-state index in [0.29, 0.717) is 6.61 Å². The van der Waals surface area contributed by atoms with Crippen molar-refractivity contribution in [3.63, 3.8) is 0 Å². The summed E-state index contributed by atoms with van der Waals surface area (Å²) in [5.41, 5.74) is 1.03. The molecule has 152 valence electrons. The van der Waals surface area contributed by atoms with Crippen LogP contribution in [-0.2, 0) is 11.3 Å². The first kappa shape index (κ1) is 33.4. The van der Waals surface area contributed by atoms with Gasteiger partial charge in [0, 0.05) is 12.1 Å². The molecule has 0 amide bonds. The van der Waals surface area contributed by atoms with Gasteiger partial charge in [0.2, 0.25) is 0 Å². The molecule has 1 aromatic carbocycles. The fourth-order valence-electron chi connectivity index (χ4n) is 0.771. The van der Waals surface area contributed by atoms with Crippen LogP contribution in [0, 0.1) is 0 Å². The molecule has 0 atom stereocenters. The molecule has 0 spiro atoms. The first-order valence-electron chi connectivity index (χ1n) is 5.69. The van der Waals surface area contributed by atoms with Crippen molar-refractivity contribution in [3.8, 4) is 0 Å². The Morgan fingerprint density at radius 1 is 0.769 bits per heavy atom. The second-order valence-corrected chi connectivity index (χ2v) is 3.92. The van der Waals surface area contributed by atoms with Crippen LogP contribution in [0.2, 0.25) is 5.02 Å². The Morgan fingerprint density at radius 3 is 1.27 bits per heavy atom. The summed E-state index contributed by atoms with van der Waals surface area (Å²) in [6, 6.07) is 7.66. The summed E-state index contributed by atoms with van der Waals surface area (Å²) in [5.74, 6) is 0. The van der Waals surface area contributed by atoms with Crippen LogP contribution in [0.15, 0.2) is 24.3 Å². The summed E-state index contributed by atoms with van der Waals surface area (Å²) in [6.07, 6.45) is 0. The number of methoxy groups -OCH3 is 1. The summed E-state index contributed by atoms with van der Waals surface area (Å²) in [6.45, 7) is 0.583. The van der Waals surface area contributed by atoms with Crippen molar-refractivity contribution in [2.45, 2.75) is 6.61 Å². The van der Waals surface area contributed by atoms with Crippen molar-refractivity contribution in [2.75, 3.05) is 7.11 Å². The molecule has 18 heteroatoms. The van der Waals surface area contributed by atoms with Gasteiger partial charge in [-0.2, -0.15) is 0 Å². The third-order valence-corrected chi connectivity index (χ3v) is 1.63. The van der Waals surface area contributed by atoms with Crippen LogP contribution in [-0.4, -0.2) is 28.9 Å². The standard InChI is InChI=1S/C8H9ClO.3BF4.Na.H/c1-10-6-7-4-2-3-5-8(7)9;3*2-1(3,4)5;;/h2-5H,6H2,1H3;;;;;/q;3*-1;+1;-1. The van der Waals surface area contributed by atoms with Crippen molar-refractivity contribution in [1.82, 2.24) is 0 Å². The van der Waals surface area contributed by atoms with Gasteiger partial charge in [-0.1, -0.05) is 29.8 Å². The minimum atomic E-state index is -6.00. The molecular weight excluding hydrogens is 431 g/mol. The van der Waals surface area contributed by atoms with E-state index in [-0.39, 0.29) is 31.0 Å². The number of hydrogen-bond acceptors (Lipinski definition) is 1. The molecule has 1 aromatic rings. The van der Waals surface area contributed by atoms with E-state index >= 15 is 0 Å². The number of hydrogen-bond donors (Lipinski definition) is 0. The summed E-state index contributed by atoms with van der Waals surface area (Å²) in [7, 11) is -16.3. The first-order valence-corrected chi connectivity index (χ1v) is 6.06. The molecular formula is C8H10B3ClF12NaO-3. The van der Waals surface area contributed by atoms with Crippen LogP contribution in [0.1, 0.15) is 6.99 Å². The Morgan fingerprint density at radius 2 is 1.04 bits per heavy atom. The Hall–Kier alpha value is -0.175. The predicted molar refractivity (Wildman–Crippen MR) is 73.8 cm³/mol.